The molecule has 0 bridgehead atoms. The van der Waals surface area contributed by atoms with Crippen molar-refractivity contribution < 1.29 is 9.53 Å². The highest BCUT2D eigenvalue weighted by Gasteiger charge is 2.15. The Balaban J connectivity index is 2.19. The Morgan fingerprint density at radius 1 is 1.30 bits per heavy atom. The van der Waals surface area contributed by atoms with Crippen LogP contribution in [0.25, 0.3) is 0 Å². The Labute approximate surface area is 134 Å². The molecule has 1 amide bonds. The first-order valence-corrected chi connectivity index (χ1v) is 8.07. The minimum Gasteiger partial charge on any atom is -0.444 e. The average Bonchev–Trinajstić information content (AvgIpc) is 2.31. The van der Waals surface area contributed by atoms with E-state index in [9.17, 15) is 4.79 Å². The van der Waals surface area contributed by atoms with Crippen molar-refractivity contribution in [1.82, 2.24) is 5.32 Å². The Bertz CT molecular complexity index is 461. The quantitative estimate of drug-likeness (QED) is 0.607. The lowest BCUT2D eigenvalue weighted by Crippen LogP contribution is -2.33. The van der Waals surface area contributed by atoms with Crippen LogP contribution < -0.4 is 5.32 Å². The SMILES string of the molecule is CC(C)(C)OC(=O)NCCCSc1ccc(Cl)c(Cl)c1. The van der Waals surface area contributed by atoms with Crippen LogP contribution in [0.15, 0.2) is 23.1 Å². The van der Waals surface area contributed by atoms with Gasteiger partial charge in [0, 0.05) is 11.4 Å². The lowest BCUT2D eigenvalue weighted by molar-refractivity contribution is 0.0528. The largest absolute Gasteiger partial charge is 0.444 e. The molecule has 0 atom stereocenters. The molecule has 0 saturated heterocycles. The van der Waals surface area contributed by atoms with Crippen molar-refractivity contribution in [2.24, 2.45) is 0 Å². The summed E-state index contributed by atoms with van der Waals surface area (Å²) in [6.45, 7) is 6.11. The lowest BCUT2D eigenvalue weighted by Gasteiger charge is -2.19. The highest BCUT2D eigenvalue weighted by Crippen LogP contribution is 2.28. The van der Waals surface area contributed by atoms with Crippen molar-refractivity contribution in [1.29, 1.82) is 0 Å². The van der Waals surface area contributed by atoms with Gasteiger partial charge >= 0.3 is 6.09 Å². The summed E-state index contributed by atoms with van der Waals surface area (Å²) in [4.78, 5) is 12.5. The number of hydrogen-bond donors (Lipinski definition) is 1. The summed E-state index contributed by atoms with van der Waals surface area (Å²) in [7, 11) is 0. The molecule has 20 heavy (non-hydrogen) atoms. The molecule has 1 aromatic rings. The lowest BCUT2D eigenvalue weighted by atomic mass is 10.2. The van der Waals surface area contributed by atoms with Crippen LogP contribution in [0.1, 0.15) is 27.2 Å². The number of carbonyl (C=O) groups excluding carboxylic acids is 1. The second-order valence-electron chi connectivity index (χ2n) is 5.21. The number of benzene rings is 1. The first-order valence-electron chi connectivity index (χ1n) is 6.32. The van der Waals surface area contributed by atoms with Gasteiger partial charge in [0.05, 0.1) is 10.0 Å². The predicted octanol–water partition coefficient (Wildman–Crippen LogP) is 5.00. The van der Waals surface area contributed by atoms with Crippen molar-refractivity contribution in [3.63, 3.8) is 0 Å². The minimum absolute atomic E-state index is 0.378. The standard InChI is InChI=1S/C14H19Cl2NO2S/c1-14(2,3)19-13(18)17-7-4-8-20-10-5-6-11(15)12(16)9-10/h5-6,9H,4,7-8H2,1-3H3,(H,17,18). The molecule has 0 heterocycles. The number of ether oxygens (including phenoxy) is 1. The summed E-state index contributed by atoms with van der Waals surface area (Å²) >= 11 is 13.5. The van der Waals surface area contributed by atoms with Gasteiger partial charge in [-0.2, -0.15) is 0 Å². The van der Waals surface area contributed by atoms with Gasteiger partial charge in [0.1, 0.15) is 5.60 Å². The van der Waals surface area contributed by atoms with Gasteiger partial charge in [-0.05, 0) is 51.1 Å². The van der Waals surface area contributed by atoms with Crippen LogP contribution in [0.3, 0.4) is 0 Å². The third-order valence-corrected chi connectivity index (χ3v) is 3.97. The summed E-state index contributed by atoms with van der Waals surface area (Å²) in [6.07, 6.45) is 0.474. The first kappa shape index (κ1) is 17.5. The highest BCUT2D eigenvalue weighted by atomic mass is 35.5. The Morgan fingerprint density at radius 3 is 2.60 bits per heavy atom. The van der Waals surface area contributed by atoms with E-state index in [1.165, 1.54) is 0 Å². The molecule has 112 valence electrons. The van der Waals surface area contributed by atoms with Gasteiger partial charge in [0.25, 0.3) is 0 Å². The van der Waals surface area contributed by atoms with Crippen LogP contribution in [-0.4, -0.2) is 24.0 Å². The third kappa shape index (κ3) is 7.27. The smallest absolute Gasteiger partial charge is 0.407 e. The summed E-state index contributed by atoms with van der Waals surface area (Å²) in [5.74, 6) is 0.883. The van der Waals surface area contributed by atoms with Gasteiger partial charge < -0.3 is 10.1 Å². The van der Waals surface area contributed by atoms with Gasteiger partial charge in [-0.25, -0.2) is 4.79 Å². The van der Waals surface area contributed by atoms with E-state index in [4.69, 9.17) is 27.9 Å². The number of alkyl carbamates (subject to hydrolysis) is 1. The van der Waals surface area contributed by atoms with Crippen LogP contribution in [0.2, 0.25) is 10.0 Å². The zero-order valence-electron chi connectivity index (χ0n) is 11.8. The zero-order chi connectivity index (χ0) is 15.2. The molecular formula is C14H19Cl2NO2S. The second kappa shape index (κ2) is 8.01. The zero-order valence-corrected chi connectivity index (χ0v) is 14.2. The van der Waals surface area contributed by atoms with Crippen molar-refractivity contribution in [3.05, 3.63) is 28.2 Å². The number of amides is 1. The van der Waals surface area contributed by atoms with E-state index in [-0.39, 0.29) is 6.09 Å². The molecule has 1 N–H and O–H groups in total. The van der Waals surface area contributed by atoms with Crippen LogP contribution >= 0.6 is 35.0 Å². The molecule has 1 rings (SSSR count). The van der Waals surface area contributed by atoms with E-state index < -0.39 is 5.60 Å². The molecule has 0 aliphatic heterocycles. The molecule has 0 aromatic heterocycles. The number of carbonyl (C=O) groups is 1. The topological polar surface area (TPSA) is 38.3 Å². The fourth-order valence-electron chi connectivity index (χ4n) is 1.33. The molecule has 0 spiro atoms. The number of hydrogen-bond acceptors (Lipinski definition) is 3. The number of halogens is 2. The van der Waals surface area contributed by atoms with Gasteiger partial charge in [-0.1, -0.05) is 23.2 Å². The summed E-state index contributed by atoms with van der Waals surface area (Å²) in [6, 6.07) is 5.56. The molecule has 1 aromatic carbocycles. The molecule has 0 unspecified atom stereocenters. The molecular weight excluding hydrogens is 317 g/mol. The highest BCUT2D eigenvalue weighted by molar-refractivity contribution is 7.99. The monoisotopic (exact) mass is 335 g/mol. The molecule has 0 radical (unpaired) electrons. The fourth-order valence-corrected chi connectivity index (χ4v) is 2.59. The van der Waals surface area contributed by atoms with Crippen LogP contribution in [0, 0.1) is 0 Å². The second-order valence-corrected chi connectivity index (χ2v) is 7.19. The Kier molecular flexibility index (Phi) is 7.00. The van der Waals surface area contributed by atoms with E-state index in [2.05, 4.69) is 5.32 Å². The summed E-state index contributed by atoms with van der Waals surface area (Å²) < 4.78 is 5.14. The number of thioether (sulfide) groups is 1. The molecule has 6 heteroatoms. The summed E-state index contributed by atoms with van der Waals surface area (Å²) in [5, 5.41) is 3.84. The minimum atomic E-state index is -0.459. The number of nitrogens with one attached hydrogen (secondary N) is 1. The molecule has 0 saturated carbocycles. The Morgan fingerprint density at radius 2 is 2.00 bits per heavy atom. The third-order valence-electron chi connectivity index (χ3n) is 2.15. The molecule has 0 aliphatic rings. The van der Waals surface area contributed by atoms with E-state index in [0.29, 0.717) is 16.6 Å². The first-order chi connectivity index (χ1) is 9.28. The van der Waals surface area contributed by atoms with Gasteiger partial charge in [0.2, 0.25) is 0 Å². The number of rotatable bonds is 5. The van der Waals surface area contributed by atoms with Crippen LogP contribution in [-0.2, 0) is 4.74 Å². The van der Waals surface area contributed by atoms with E-state index in [1.807, 2.05) is 32.9 Å². The average molecular weight is 336 g/mol. The fraction of sp³-hybridized carbons (Fsp3) is 0.500. The van der Waals surface area contributed by atoms with Crippen molar-refractivity contribution >= 4 is 41.1 Å². The predicted molar refractivity (Wildman–Crippen MR) is 86.0 cm³/mol. The maximum absolute atomic E-state index is 11.4. The van der Waals surface area contributed by atoms with Gasteiger partial charge in [-0.15, -0.1) is 11.8 Å². The van der Waals surface area contributed by atoms with E-state index in [1.54, 1.807) is 17.8 Å². The molecule has 0 fully saturated rings. The van der Waals surface area contributed by atoms with Crippen molar-refractivity contribution in [2.45, 2.75) is 37.7 Å². The van der Waals surface area contributed by atoms with E-state index >= 15 is 0 Å². The van der Waals surface area contributed by atoms with Crippen molar-refractivity contribution in [3.8, 4) is 0 Å². The maximum Gasteiger partial charge on any atom is 0.407 e. The van der Waals surface area contributed by atoms with Crippen LogP contribution in [0.4, 0.5) is 4.79 Å². The van der Waals surface area contributed by atoms with Gasteiger partial charge in [-0.3, -0.25) is 0 Å². The van der Waals surface area contributed by atoms with Crippen molar-refractivity contribution in [2.75, 3.05) is 12.3 Å². The normalized spacial score (nSPS) is 11.2. The Hall–Kier alpha value is -0.580. The van der Waals surface area contributed by atoms with Gasteiger partial charge in [0.15, 0.2) is 0 Å². The molecule has 3 nitrogen and oxygen atoms in total. The maximum atomic E-state index is 11.4. The van der Waals surface area contributed by atoms with E-state index in [0.717, 1.165) is 17.1 Å². The summed E-state index contributed by atoms with van der Waals surface area (Å²) in [5.41, 5.74) is -0.459. The molecule has 0 aliphatic carbocycles. The van der Waals surface area contributed by atoms with Crippen LogP contribution in [0.5, 0.6) is 0 Å².